The van der Waals surface area contributed by atoms with Crippen molar-refractivity contribution >= 4 is 17.6 Å². The number of rotatable bonds is 6. The number of aromatic nitrogens is 1. The molecule has 1 saturated heterocycles. The van der Waals surface area contributed by atoms with E-state index in [1.807, 2.05) is 12.3 Å². The highest BCUT2D eigenvalue weighted by Crippen LogP contribution is 2.36. The first-order valence-corrected chi connectivity index (χ1v) is 9.65. The van der Waals surface area contributed by atoms with E-state index in [1.54, 1.807) is 12.1 Å². The molecule has 0 spiro atoms. The predicted octanol–water partition coefficient (Wildman–Crippen LogP) is 3.74. The second kappa shape index (κ2) is 8.95. The van der Waals surface area contributed by atoms with Crippen LogP contribution in [0.3, 0.4) is 0 Å². The first-order chi connectivity index (χ1) is 12.9. The fraction of sp³-hybridized carbons (Fsp3) is 0.421. The Hall–Kier alpha value is -1.77. The van der Waals surface area contributed by atoms with Gasteiger partial charge < -0.3 is 15.1 Å². The van der Waals surface area contributed by atoms with Gasteiger partial charge in [-0.25, -0.2) is 4.98 Å². The lowest BCUT2D eigenvalue weighted by Crippen LogP contribution is -2.45. The minimum atomic E-state index is -4.25. The summed E-state index contributed by atoms with van der Waals surface area (Å²) >= 11 is -0.0896. The number of piperazine rings is 1. The minimum Gasteiger partial charge on any atom is -0.354 e. The van der Waals surface area contributed by atoms with Gasteiger partial charge in [-0.05, 0) is 42.6 Å². The topological polar surface area (TPSA) is 31.4 Å². The highest BCUT2D eigenvalue weighted by Gasteiger charge is 2.29. The summed E-state index contributed by atoms with van der Waals surface area (Å²) in [7, 11) is 2.12. The number of alkyl halides is 3. The Balaban J connectivity index is 1.55. The van der Waals surface area contributed by atoms with E-state index in [2.05, 4.69) is 33.2 Å². The second-order valence-electron chi connectivity index (χ2n) is 6.57. The van der Waals surface area contributed by atoms with Crippen molar-refractivity contribution < 1.29 is 13.2 Å². The van der Waals surface area contributed by atoms with Gasteiger partial charge in [0.15, 0.2) is 0 Å². The third-order valence-electron chi connectivity index (χ3n) is 4.47. The van der Waals surface area contributed by atoms with Crippen LogP contribution in [0.15, 0.2) is 47.5 Å². The summed E-state index contributed by atoms with van der Waals surface area (Å²) in [5.74, 6) is 1.01. The summed E-state index contributed by atoms with van der Waals surface area (Å²) in [5.41, 5.74) is -2.17. The van der Waals surface area contributed by atoms with E-state index in [4.69, 9.17) is 0 Å². The molecule has 1 aliphatic heterocycles. The van der Waals surface area contributed by atoms with Crippen LogP contribution in [-0.2, 0) is 13.1 Å². The molecule has 0 unspecified atom stereocenters. The first-order valence-electron chi connectivity index (χ1n) is 8.83. The van der Waals surface area contributed by atoms with Gasteiger partial charge in [-0.1, -0.05) is 18.2 Å². The van der Waals surface area contributed by atoms with Gasteiger partial charge in [0.1, 0.15) is 5.82 Å². The maximum atomic E-state index is 12.4. The van der Waals surface area contributed by atoms with Crippen molar-refractivity contribution in [1.29, 1.82) is 0 Å². The summed E-state index contributed by atoms with van der Waals surface area (Å²) in [6, 6.07) is 10.5. The second-order valence-corrected chi connectivity index (χ2v) is 7.71. The van der Waals surface area contributed by atoms with Crippen molar-refractivity contribution in [2.75, 3.05) is 38.1 Å². The number of anilines is 1. The van der Waals surface area contributed by atoms with Crippen LogP contribution in [0.5, 0.6) is 0 Å². The predicted molar refractivity (Wildman–Crippen MR) is 103 cm³/mol. The molecule has 1 fully saturated rings. The molecular formula is C19H23F3N4S. The van der Waals surface area contributed by atoms with E-state index in [1.165, 1.54) is 12.1 Å². The summed E-state index contributed by atoms with van der Waals surface area (Å²) in [6.07, 6.45) is 1.81. The van der Waals surface area contributed by atoms with Gasteiger partial charge in [-0.15, -0.1) is 0 Å². The maximum Gasteiger partial charge on any atom is 0.446 e. The van der Waals surface area contributed by atoms with Gasteiger partial charge >= 0.3 is 5.51 Å². The van der Waals surface area contributed by atoms with Crippen LogP contribution in [-0.4, -0.2) is 48.6 Å². The van der Waals surface area contributed by atoms with Crippen LogP contribution in [0, 0.1) is 0 Å². The normalized spacial score (nSPS) is 15.9. The zero-order valence-electron chi connectivity index (χ0n) is 15.2. The molecule has 27 heavy (non-hydrogen) atoms. The summed E-state index contributed by atoms with van der Waals surface area (Å²) in [5, 5.41) is 3.37. The number of halogens is 3. The highest BCUT2D eigenvalue weighted by molar-refractivity contribution is 8.00. The van der Waals surface area contributed by atoms with Gasteiger partial charge in [-0.2, -0.15) is 13.2 Å². The molecule has 3 rings (SSSR count). The molecule has 1 aliphatic rings. The van der Waals surface area contributed by atoms with E-state index < -0.39 is 5.51 Å². The average Bonchev–Trinajstić information content (AvgIpc) is 2.63. The van der Waals surface area contributed by atoms with Crippen molar-refractivity contribution in [2.45, 2.75) is 23.5 Å². The molecule has 1 N–H and O–H groups in total. The number of pyridine rings is 1. The van der Waals surface area contributed by atoms with Crippen molar-refractivity contribution in [3.8, 4) is 0 Å². The van der Waals surface area contributed by atoms with Crippen LogP contribution in [0.4, 0.5) is 19.0 Å². The van der Waals surface area contributed by atoms with Crippen LogP contribution < -0.4 is 10.2 Å². The van der Waals surface area contributed by atoms with Gasteiger partial charge in [0, 0.05) is 55.9 Å². The van der Waals surface area contributed by atoms with Crippen molar-refractivity contribution in [3.63, 3.8) is 0 Å². The van der Waals surface area contributed by atoms with E-state index in [9.17, 15) is 13.2 Å². The van der Waals surface area contributed by atoms with Gasteiger partial charge in [0.25, 0.3) is 0 Å². The van der Waals surface area contributed by atoms with E-state index in [-0.39, 0.29) is 16.7 Å². The lowest BCUT2D eigenvalue weighted by atomic mass is 10.2. The molecule has 4 nitrogen and oxygen atoms in total. The molecule has 0 bridgehead atoms. The molecular weight excluding hydrogens is 373 g/mol. The fourth-order valence-corrected chi connectivity index (χ4v) is 3.56. The Kier molecular flexibility index (Phi) is 6.62. The Morgan fingerprint density at radius 2 is 1.74 bits per heavy atom. The van der Waals surface area contributed by atoms with Crippen LogP contribution >= 0.6 is 11.8 Å². The van der Waals surface area contributed by atoms with Crippen molar-refractivity contribution in [3.05, 3.63) is 53.7 Å². The third kappa shape index (κ3) is 6.12. The number of likely N-dealkylation sites (N-methyl/N-ethyl adjacent to an activating group) is 1. The third-order valence-corrected chi connectivity index (χ3v) is 5.21. The van der Waals surface area contributed by atoms with Crippen LogP contribution in [0.1, 0.15) is 11.1 Å². The quantitative estimate of drug-likeness (QED) is 0.752. The molecule has 2 heterocycles. The number of benzene rings is 1. The lowest BCUT2D eigenvalue weighted by molar-refractivity contribution is -0.0328. The van der Waals surface area contributed by atoms with E-state index in [0.29, 0.717) is 13.1 Å². The molecule has 0 amide bonds. The molecule has 8 heteroatoms. The molecule has 0 saturated carbocycles. The largest absolute Gasteiger partial charge is 0.446 e. The smallest absolute Gasteiger partial charge is 0.354 e. The Morgan fingerprint density at radius 1 is 1.04 bits per heavy atom. The van der Waals surface area contributed by atoms with Crippen LogP contribution in [0.2, 0.25) is 0 Å². The average molecular weight is 396 g/mol. The molecule has 0 atom stereocenters. The van der Waals surface area contributed by atoms with E-state index >= 15 is 0 Å². The Labute approximate surface area is 161 Å². The monoisotopic (exact) mass is 396 g/mol. The molecule has 0 radical (unpaired) electrons. The fourth-order valence-electron chi connectivity index (χ4n) is 3.02. The maximum absolute atomic E-state index is 12.4. The Morgan fingerprint density at radius 3 is 2.41 bits per heavy atom. The number of nitrogens with zero attached hydrogens (tertiary/aromatic N) is 3. The molecule has 0 aliphatic carbocycles. The molecule has 1 aromatic heterocycles. The number of thioether (sulfide) groups is 1. The van der Waals surface area contributed by atoms with Gasteiger partial charge in [0.2, 0.25) is 0 Å². The van der Waals surface area contributed by atoms with Gasteiger partial charge in [-0.3, -0.25) is 0 Å². The molecule has 1 aromatic carbocycles. The lowest BCUT2D eigenvalue weighted by Gasteiger charge is -2.34. The Bertz CT molecular complexity index is 728. The van der Waals surface area contributed by atoms with Crippen molar-refractivity contribution in [1.82, 2.24) is 15.2 Å². The molecule has 146 valence electrons. The van der Waals surface area contributed by atoms with Gasteiger partial charge in [0.05, 0.1) is 0 Å². The number of hydrogen-bond acceptors (Lipinski definition) is 5. The summed E-state index contributed by atoms with van der Waals surface area (Å²) in [6.45, 7) is 5.21. The standard InChI is InChI=1S/C19H23F3N4S/c1-25-9-11-26(12-10-25)18-16(3-2-8-24-18)14-23-13-15-4-6-17(7-5-15)27-19(20,21)22/h2-8,23H,9-14H2,1H3. The minimum absolute atomic E-state index is 0.0896. The SMILES string of the molecule is CN1CCN(c2ncccc2CNCc2ccc(SC(F)(F)F)cc2)CC1. The number of nitrogens with one attached hydrogen (secondary N) is 1. The zero-order valence-corrected chi connectivity index (χ0v) is 16.0. The highest BCUT2D eigenvalue weighted by atomic mass is 32.2. The first kappa shape index (κ1) is 20.0. The summed E-state index contributed by atoms with van der Waals surface area (Å²) in [4.78, 5) is 9.37. The molecule has 2 aromatic rings. The number of hydrogen-bond donors (Lipinski definition) is 1. The van der Waals surface area contributed by atoms with Crippen molar-refractivity contribution in [2.24, 2.45) is 0 Å². The van der Waals surface area contributed by atoms with E-state index in [0.717, 1.165) is 43.1 Å². The summed E-state index contributed by atoms with van der Waals surface area (Å²) < 4.78 is 37.1. The zero-order chi connectivity index (χ0) is 19.3. The van der Waals surface area contributed by atoms with Crippen LogP contribution in [0.25, 0.3) is 0 Å².